The predicted octanol–water partition coefficient (Wildman–Crippen LogP) is 1.17. The highest BCUT2D eigenvalue weighted by atomic mass is 16.4. The van der Waals surface area contributed by atoms with E-state index in [4.69, 9.17) is 5.11 Å². The standard InChI is InChI=1S/C13H12N2O3/c1-9-7-12(16)11(8-13(17)18)14-15(9)10-5-3-2-4-6-10/h2-7H,8H2,1H3,(H,17,18). The summed E-state index contributed by atoms with van der Waals surface area (Å²) in [6.07, 6.45) is -0.369. The molecule has 0 aliphatic heterocycles. The smallest absolute Gasteiger partial charge is 0.309 e. The molecule has 0 saturated carbocycles. The molecule has 92 valence electrons. The fourth-order valence-electron chi connectivity index (χ4n) is 1.68. The van der Waals surface area contributed by atoms with Crippen LogP contribution < -0.4 is 5.43 Å². The van der Waals surface area contributed by atoms with E-state index in [9.17, 15) is 9.59 Å². The Balaban J connectivity index is 2.55. The monoisotopic (exact) mass is 244 g/mol. The molecule has 0 aliphatic rings. The Morgan fingerprint density at radius 3 is 2.61 bits per heavy atom. The second kappa shape index (κ2) is 4.83. The van der Waals surface area contributed by atoms with E-state index < -0.39 is 5.97 Å². The Morgan fingerprint density at radius 2 is 2.00 bits per heavy atom. The molecule has 1 aromatic carbocycles. The minimum absolute atomic E-state index is 0.0388. The van der Waals surface area contributed by atoms with Gasteiger partial charge in [-0.2, -0.15) is 5.10 Å². The molecular weight excluding hydrogens is 232 g/mol. The number of benzene rings is 1. The normalized spacial score (nSPS) is 10.3. The topological polar surface area (TPSA) is 72.2 Å². The largest absolute Gasteiger partial charge is 0.481 e. The van der Waals surface area contributed by atoms with E-state index in [-0.39, 0.29) is 17.5 Å². The molecule has 0 aliphatic carbocycles. The third-order valence-electron chi connectivity index (χ3n) is 2.50. The Morgan fingerprint density at radius 1 is 1.33 bits per heavy atom. The summed E-state index contributed by atoms with van der Waals surface area (Å²) < 4.78 is 1.57. The Bertz CT molecular complexity index is 632. The maximum Gasteiger partial charge on any atom is 0.309 e. The van der Waals surface area contributed by atoms with Gasteiger partial charge in [-0.15, -0.1) is 0 Å². The molecule has 0 amide bonds. The Hall–Kier alpha value is -2.43. The summed E-state index contributed by atoms with van der Waals surface area (Å²) in [6.45, 7) is 1.76. The number of nitrogens with zero attached hydrogens (tertiary/aromatic N) is 2. The first-order valence-electron chi connectivity index (χ1n) is 5.45. The molecule has 18 heavy (non-hydrogen) atoms. The van der Waals surface area contributed by atoms with Crippen LogP contribution in [0.3, 0.4) is 0 Å². The zero-order valence-electron chi connectivity index (χ0n) is 9.83. The van der Waals surface area contributed by atoms with Crippen LogP contribution in [-0.2, 0) is 11.2 Å². The van der Waals surface area contributed by atoms with Crippen LogP contribution in [0.4, 0.5) is 0 Å². The van der Waals surface area contributed by atoms with Crippen molar-refractivity contribution in [2.45, 2.75) is 13.3 Å². The lowest BCUT2D eigenvalue weighted by Gasteiger charge is -2.10. The van der Waals surface area contributed by atoms with E-state index in [1.54, 1.807) is 11.6 Å². The molecule has 5 nitrogen and oxygen atoms in total. The summed E-state index contributed by atoms with van der Waals surface area (Å²) in [4.78, 5) is 22.3. The van der Waals surface area contributed by atoms with Crippen LogP contribution >= 0.6 is 0 Å². The molecule has 0 bridgehead atoms. The predicted molar refractivity (Wildman–Crippen MR) is 65.9 cm³/mol. The van der Waals surface area contributed by atoms with Crippen molar-refractivity contribution in [3.63, 3.8) is 0 Å². The van der Waals surface area contributed by atoms with Crippen LogP contribution in [0.5, 0.6) is 0 Å². The molecule has 0 spiro atoms. The molecule has 0 unspecified atom stereocenters. The molecule has 1 aromatic heterocycles. The van der Waals surface area contributed by atoms with Gasteiger partial charge in [-0.3, -0.25) is 9.59 Å². The minimum atomic E-state index is -1.07. The number of hydrogen-bond acceptors (Lipinski definition) is 3. The number of aliphatic carboxylic acids is 1. The lowest BCUT2D eigenvalue weighted by Crippen LogP contribution is -2.21. The van der Waals surface area contributed by atoms with Gasteiger partial charge in [0.15, 0.2) is 0 Å². The maximum absolute atomic E-state index is 11.6. The van der Waals surface area contributed by atoms with Crippen LogP contribution in [0.2, 0.25) is 0 Å². The van der Waals surface area contributed by atoms with Crippen LogP contribution in [0, 0.1) is 6.92 Å². The van der Waals surface area contributed by atoms with Crippen molar-refractivity contribution in [3.8, 4) is 5.69 Å². The number of hydrogen-bond donors (Lipinski definition) is 1. The highest BCUT2D eigenvalue weighted by molar-refractivity contribution is 5.69. The summed E-state index contributed by atoms with van der Waals surface area (Å²) in [5, 5.41) is 12.8. The van der Waals surface area contributed by atoms with Crippen LogP contribution in [0.1, 0.15) is 11.4 Å². The fraction of sp³-hybridized carbons (Fsp3) is 0.154. The average molecular weight is 244 g/mol. The summed E-state index contributed by atoms with van der Waals surface area (Å²) in [7, 11) is 0. The van der Waals surface area contributed by atoms with Crippen LogP contribution in [-0.4, -0.2) is 20.9 Å². The van der Waals surface area contributed by atoms with Crippen molar-refractivity contribution >= 4 is 5.97 Å². The summed E-state index contributed by atoms with van der Waals surface area (Å²) in [5.74, 6) is -1.07. The van der Waals surface area contributed by atoms with Crippen LogP contribution in [0.15, 0.2) is 41.2 Å². The van der Waals surface area contributed by atoms with Crippen molar-refractivity contribution in [2.75, 3.05) is 0 Å². The van der Waals surface area contributed by atoms with Gasteiger partial charge < -0.3 is 5.11 Å². The second-order valence-corrected chi connectivity index (χ2v) is 3.91. The van der Waals surface area contributed by atoms with E-state index in [0.29, 0.717) is 5.69 Å². The average Bonchev–Trinajstić information content (AvgIpc) is 2.33. The zero-order valence-corrected chi connectivity index (χ0v) is 9.83. The number of carboxylic acid groups (broad SMARTS) is 1. The van der Waals surface area contributed by atoms with E-state index in [1.807, 2.05) is 30.3 Å². The molecule has 0 radical (unpaired) electrons. The van der Waals surface area contributed by atoms with Crippen molar-refractivity contribution in [3.05, 3.63) is 58.0 Å². The number of aromatic nitrogens is 2. The molecular formula is C13H12N2O3. The molecule has 0 saturated heterocycles. The first-order valence-corrected chi connectivity index (χ1v) is 5.45. The first-order chi connectivity index (χ1) is 8.58. The highest BCUT2D eigenvalue weighted by Crippen LogP contribution is 2.07. The lowest BCUT2D eigenvalue weighted by molar-refractivity contribution is -0.136. The maximum atomic E-state index is 11.6. The number of para-hydroxylation sites is 1. The highest BCUT2D eigenvalue weighted by Gasteiger charge is 2.10. The molecule has 5 heteroatoms. The van der Waals surface area contributed by atoms with Crippen molar-refractivity contribution in [1.29, 1.82) is 0 Å². The molecule has 1 heterocycles. The summed E-state index contributed by atoms with van der Waals surface area (Å²) in [6, 6.07) is 10.7. The van der Waals surface area contributed by atoms with Crippen LogP contribution in [0.25, 0.3) is 5.69 Å². The minimum Gasteiger partial charge on any atom is -0.481 e. The summed E-state index contributed by atoms with van der Waals surface area (Å²) in [5.41, 5.74) is 1.15. The van der Waals surface area contributed by atoms with Crippen molar-refractivity contribution in [1.82, 2.24) is 9.78 Å². The number of carboxylic acids is 1. The van der Waals surface area contributed by atoms with Gasteiger partial charge in [-0.25, -0.2) is 4.68 Å². The lowest BCUT2D eigenvalue weighted by atomic mass is 10.2. The Kier molecular flexibility index (Phi) is 3.23. The van der Waals surface area contributed by atoms with Gasteiger partial charge in [0.05, 0.1) is 12.1 Å². The number of rotatable bonds is 3. The van der Waals surface area contributed by atoms with Gasteiger partial charge in [0, 0.05) is 11.8 Å². The van der Waals surface area contributed by atoms with E-state index >= 15 is 0 Å². The van der Waals surface area contributed by atoms with Gasteiger partial charge >= 0.3 is 5.97 Å². The molecule has 0 fully saturated rings. The third-order valence-corrected chi connectivity index (χ3v) is 2.50. The van der Waals surface area contributed by atoms with Crippen molar-refractivity contribution < 1.29 is 9.90 Å². The first kappa shape index (κ1) is 12.0. The Labute approximate surface area is 103 Å². The fourth-order valence-corrected chi connectivity index (χ4v) is 1.68. The van der Waals surface area contributed by atoms with Gasteiger partial charge in [0.2, 0.25) is 5.43 Å². The van der Waals surface area contributed by atoms with Crippen molar-refractivity contribution in [2.24, 2.45) is 0 Å². The molecule has 2 rings (SSSR count). The quantitative estimate of drug-likeness (QED) is 0.879. The SMILES string of the molecule is Cc1cc(=O)c(CC(=O)O)nn1-c1ccccc1. The number of carbonyl (C=O) groups is 1. The van der Waals surface area contributed by atoms with Gasteiger partial charge in [0.1, 0.15) is 5.69 Å². The molecule has 1 N–H and O–H groups in total. The molecule has 0 atom stereocenters. The third kappa shape index (κ3) is 2.45. The van der Waals surface area contributed by atoms with E-state index in [2.05, 4.69) is 5.10 Å². The zero-order chi connectivity index (χ0) is 13.1. The van der Waals surface area contributed by atoms with Gasteiger partial charge in [-0.1, -0.05) is 18.2 Å². The molecule has 2 aromatic rings. The van der Waals surface area contributed by atoms with Gasteiger partial charge in [-0.05, 0) is 19.1 Å². The van der Waals surface area contributed by atoms with E-state index in [0.717, 1.165) is 5.69 Å². The van der Waals surface area contributed by atoms with Gasteiger partial charge in [0.25, 0.3) is 0 Å². The summed E-state index contributed by atoms with van der Waals surface area (Å²) >= 11 is 0. The number of aryl methyl sites for hydroxylation is 1. The second-order valence-electron chi connectivity index (χ2n) is 3.91. The van der Waals surface area contributed by atoms with E-state index in [1.165, 1.54) is 6.07 Å².